The highest BCUT2D eigenvalue weighted by molar-refractivity contribution is 5.94. The molecule has 0 saturated heterocycles. The smallest absolute Gasteiger partial charge is 0.0454 e. The summed E-state index contributed by atoms with van der Waals surface area (Å²) in [6.07, 6.45) is 2.23. The molecule has 0 saturated carbocycles. The van der Waals surface area contributed by atoms with Crippen LogP contribution in [0.25, 0.3) is 10.8 Å². The molecule has 0 amide bonds. The van der Waals surface area contributed by atoms with Crippen molar-refractivity contribution in [3.63, 3.8) is 0 Å². The second-order valence-electron chi connectivity index (χ2n) is 5.54. The summed E-state index contributed by atoms with van der Waals surface area (Å²) in [5.74, 6) is 0. The third-order valence-electron chi connectivity index (χ3n) is 4.17. The Balaban J connectivity index is 2.43. The number of nitrogens with zero attached hydrogens (tertiary/aromatic N) is 1. The van der Waals surface area contributed by atoms with Crippen LogP contribution in [-0.2, 0) is 5.41 Å². The first kappa shape index (κ1) is 11.3. The van der Waals surface area contributed by atoms with Gasteiger partial charge >= 0.3 is 0 Å². The Bertz CT molecular complexity index is 650. The van der Waals surface area contributed by atoms with Crippen LogP contribution in [0, 0.1) is 0 Å². The Kier molecular flexibility index (Phi) is 2.28. The molecule has 0 fully saturated rings. The van der Waals surface area contributed by atoms with Gasteiger partial charge < -0.3 is 4.90 Å². The van der Waals surface area contributed by atoms with Crippen LogP contribution in [-0.4, -0.2) is 7.05 Å². The van der Waals surface area contributed by atoms with Gasteiger partial charge in [0.05, 0.1) is 0 Å². The van der Waals surface area contributed by atoms with Crippen molar-refractivity contribution >= 4 is 16.5 Å². The first-order chi connectivity index (χ1) is 8.57. The lowest BCUT2D eigenvalue weighted by molar-refractivity contribution is 0.643. The summed E-state index contributed by atoms with van der Waals surface area (Å²) in [6, 6.07) is 13.1. The van der Waals surface area contributed by atoms with Crippen molar-refractivity contribution in [2.45, 2.75) is 26.2 Å². The van der Waals surface area contributed by atoms with Crippen molar-refractivity contribution in [1.29, 1.82) is 0 Å². The molecular formula is C17H19N. The molecule has 2 aromatic carbocycles. The van der Waals surface area contributed by atoms with Crippen molar-refractivity contribution < 1.29 is 0 Å². The molecule has 0 spiro atoms. The number of anilines is 1. The Morgan fingerprint density at radius 2 is 1.78 bits per heavy atom. The van der Waals surface area contributed by atoms with Crippen molar-refractivity contribution in [2.75, 3.05) is 11.9 Å². The summed E-state index contributed by atoms with van der Waals surface area (Å²) in [5, 5.41) is 2.71. The minimum absolute atomic E-state index is 0.0830. The van der Waals surface area contributed by atoms with E-state index in [4.69, 9.17) is 0 Å². The van der Waals surface area contributed by atoms with E-state index < -0.39 is 0 Å². The van der Waals surface area contributed by atoms with Gasteiger partial charge in [0.25, 0.3) is 0 Å². The molecule has 0 bridgehead atoms. The molecular weight excluding hydrogens is 218 g/mol. The zero-order valence-electron chi connectivity index (χ0n) is 11.5. The van der Waals surface area contributed by atoms with Gasteiger partial charge in [0.2, 0.25) is 0 Å². The molecule has 1 aliphatic rings. The summed E-state index contributed by atoms with van der Waals surface area (Å²) >= 11 is 0. The maximum Gasteiger partial charge on any atom is 0.0454 e. The SMILES string of the molecule is C/C=C1\N(C)c2ccc3ccccc3c2C1(C)C. The van der Waals surface area contributed by atoms with Gasteiger partial charge in [-0.3, -0.25) is 0 Å². The Labute approximate surface area is 109 Å². The predicted molar refractivity (Wildman–Crippen MR) is 79.1 cm³/mol. The van der Waals surface area contributed by atoms with Crippen LogP contribution in [0.1, 0.15) is 26.3 Å². The summed E-state index contributed by atoms with van der Waals surface area (Å²) in [6.45, 7) is 6.76. The fraction of sp³-hybridized carbons (Fsp3) is 0.294. The average Bonchev–Trinajstić information content (AvgIpc) is 2.56. The first-order valence-electron chi connectivity index (χ1n) is 6.50. The summed E-state index contributed by atoms with van der Waals surface area (Å²) in [7, 11) is 2.16. The number of allylic oxidation sites excluding steroid dienone is 2. The number of likely N-dealkylation sites (N-methyl/N-ethyl adjacent to an activating group) is 1. The molecule has 18 heavy (non-hydrogen) atoms. The van der Waals surface area contributed by atoms with E-state index in [1.165, 1.54) is 27.7 Å². The number of hydrogen-bond acceptors (Lipinski definition) is 1. The quantitative estimate of drug-likeness (QED) is 0.653. The minimum atomic E-state index is 0.0830. The number of benzene rings is 2. The van der Waals surface area contributed by atoms with E-state index in [0.717, 1.165) is 0 Å². The number of hydrogen-bond donors (Lipinski definition) is 0. The van der Waals surface area contributed by atoms with Crippen LogP contribution >= 0.6 is 0 Å². The Hall–Kier alpha value is -1.76. The van der Waals surface area contributed by atoms with Crippen molar-refractivity contribution in [3.8, 4) is 0 Å². The number of rotatable bonds is 0. The second kappa shape index (κ2) is 3.61. The summed E-state index contributed by atoms with van der Waals surface area (Å²) in [5.41, 5.74) is 4.26. The van der Waals surface area contributed by atoms with Gasteiger partial charge in [-0.2, -0.15) is 0 Å². The molecule has 0 unspecified atom stereocenters. The highest BCUT2D eigenvalue weighted by Crippen LogP contribution is 2.49. The Morgan fingerprint density at radius 1 is 1.06 bits per heavy atom. The van der Waals surface area contributed by atoms with Crippen molar-refractivity contribution in [3.05, 3.63) is 53.7 Å². The molecule has 0 aromatic heterocycles. The van der Waals surface area contributed by atoms with Crippen molar-refractivity contribution in [2.24, 2.45) is 0 Å². The highest BCUT2D eigenvalue weighted by Gasteiger charge is 2.39. The molecule has 1 heterocycles. The van der Waals surface area contributed by atoms with Crippen LogP contribution < -0.4 is 4.90 Å². The third-order valence-corrected chi connectivity index (χ3v) is 4.17. The van der Waals surface area contributed by atoms with Gasteiger partial charge in [-0.25, -0.2) is 0 Å². The fourth-order valence-electron chi connectivity index (χ4n) is 3.43. The molecule has 0 aliphatic carbocycles. The minimum Gasteiger partial charge on any atom is -0.347 e. The van der Waals surface area contributed by atoms with E-state index in [-0.39, 0.29) is 5.41 Å². The number of fused-ring (bicyclic) bond motifs is 3. The standard InChI is InChI=1S/C17H19N/c1-5-15-17(2,3)16-13-9-7-6-8-12(13)10-11-14(16)18(15)4/h5-11H,1-4H3/b15-5-. The average molecular weight is 237 g/mol. The zero-order valence-corrected chi connectivity index (χ0v) is 11.5. The van der Waals surface area contributed by atoms with Crippen LogP contribution in [0.4, 0.5) is 5.69 Å². The lowest BCUT2D eigenvalue weighted by Gasteiger charge is -2.24. The topological polar surface area (TPSA) is 3.24 Å². The second-order valence-corrected chi connectivity index (χ2v) is 5.54. The van der Waals surface area contributed by atoms with Gasteiger partial charge in [-0.05, 0) is 29.3 Å². The molecule has 3 rings (SSSR count). The van der Waals surface area contributed by atoms with E-state index >= 15 is 0 Å². The lowest BCUT2D eigenvalue weighted by atomic mass is 9.81. The highest BCUT2D eigenvalue weighted by atomic mass is 15.2. The molecule has 1 nitrogen and oxygen atoms in total. The summed E-state index contributed by atoms with van der Waals surface area (Å²) < 4.78 is 0. The first-order valence-corrected chi connectivity index (χ1v) is 6.50. The molecule has 0 atom stereocenters. The molecule has 1 aliphatic heterocycles. The van der Waals surface area contributed by atoms with Crippen LogP contribution in [0.15, 0.2) is 48.2 Å². The summed E-state index contributed by atoms with van der Waals surface area (Å²) in [4.78, 5) is 2.32. The van der Waals surface area contributed by atoms with E-state index in [1.54, 1.807) is 0 Å². The molecule has 0 N–H and O–H groups in total. The van der Waals surface area contributed by atoms with Gasteiger partial charge in [-0.1, -0.05) is 50.3 Å². The van der Waals surface area contributed by atoms with Gasteiger partial charge in [0.15, 0.2) is 0 Å². The Morgan fingerprint density at radius 3 is 2.50 bits per heavy atom. The van der Waals surface area contributed by atoms with E-state index in [9.17, 15) is 0 Å². The van der Waals surface area contributed by atoms with Crippen molar-refractivity contribution in [1.82, 2.24) is 0 Å². The van der Waals surface area contributed by atoms with Crippen LogP contribution in [0.5, 0.6) is 0 Å². The molecule has 1 heteroatoms. The van der Waals surface area contributed by atoms with Gasteiger partial charge in [0, 0.05) is 23.8 Å². The van der Waals surface area contributed by atoms with Crippen LogP contribution in [0.3, 0.4) is 0 Å². The van der Waals surface area contributed by atoms with E-state index in [0.29, 0.717) is 0 Å². The van der Waals surface area contributed by atoms with Gasteiger partial charge in [-0.15, -0.1) is 0 Å². The maximum absolute atomic E-state index is 2.32. The molecule has 2 aromatic rings. The third kappa shape index (κ3) is 1.28. The van der Waals surface area contributed by atoms with E-state index in [2.05, 4.69) is 75.2 Å². The van der Waals surface area contributed by atoms with Crippen LogP contribution in [0.2, 0.25) is 0 Å². The monoisotopic (exact) mass is 237 g/mol. The largest absolute Gasteiger partial charge is 0.347 e. The predicted octanol–water partition coefficient (Wildman–Crippen LogP) is 4.47. The molecule has 92 valence electrons. The van der Waals surface area contributed by atoms with Gasteiger partial charge in [0.1, 0.15) is 0 Å². The maximum atomic E-state index is 2.32. The zero-order chi connectivity index (χ0) is 12.9. The molecule has 0 radical (unpaired) electrons. The fourth-order valence-corrected chi connectivity index (χ4v) is 3.43. The van der Waals surface area contributed by atoms with E-state index in [1.807, 2.05) is 0 Å². The normalized spacial score (nSPS) is 19.6. The lowest BCUT2D eigenvalue weighted by Crippen LogP contribution is -2.22.